The van der Waals surface area contributed by atoms with E-state index in [2.05, 4.69) is 22.3 Å². The summed E-state index contributed by atoms with van der Waals surface area (Å²) in [5.74, 6) is 6.48. The van der Waals surface area contributed by atoms with Gasteiger partial charge in [0.2, 0.25) is 0 Å². The van der Waals surface area contributed by atoms with Crippen LogP contribution >= 0.6 is 0 Å². The predicted molar refractivity (Wildman–Crippen MR) is 73.4 cm³/mol. The van der Waals surface area contributed by atoms with Gasteiger partial charge in [0.15, 0.2) is 0 Å². The maximum absolute atomic E-state index is 5.75. The number of ether oxygens (including phenoxy) is 1. The fourth-order valence-corrected chi connectivity index (χ4v) is 1.86. The molecule has 1 atom stereocenters. The normalized spacial score (nSPS) is 12.1. The van der Waals surface area contributed by atoms with Gasteiger partial charge in [-0.3, -0.25) is 15.8 Å². The monoisotopic (exact) mass is 258 g/mol. The Bertz CT molecular complexity index is 504. The van der Waals surface area contributed by atoms with Gasteiger partial charge in [0.25, 0.3) is 0 Å². The van der Waals surface area contributed by atoms with Crippen LogP contribution in [-0.2, 0) is 0 Å². The molecule has 2 rings (SSSR count). The number of nitrogens with zero attached hydrogens (tertiary/aromatic N) is 2. The van der Waals surface area contributed by atoms with E-state index >= 15 is 0 Å². The average molecular weight is 258 g/mol. The van der Waals surface area contributed by atoms with Gasteiger partial charge in [0.1, 0.15) is 5.75 Å². The number of hydrazine groups is 1. The number of hydrogen-bond donors (Lipinski definition) is 2. The molecule has 0 bridgehead atoms. The van der Waals surface area contributed by atoms with E-state index < -0.39 is 0 Å². The second-order valence-corrected chi connectivity index (χ2v) is 4.12. The van der Waals surface area contributed by atoms with Crippen LogP contribution in [0.2, 0.25) is 0 Å². The van der Waals surface area contributed by atoms with Gasteiger partial charge in [0.05, 0.1) is 24.5 Å². The summed E-state index contributed by atoms with van der Waals surface area (Å²) in [6, 6.07) is 7.57. The molecule has 0 spiro atoms. The molecule has 0 amide bonds. The molecule has 1 aromatic heterocycles. The Labute approximate surface area is 112 Å². The van der Waals surface area contributed by atoms with Crippen molar-refractivity contribution in [1.82, 2.24) is 15.4 Å². The van der Waals surface area contributed by atoms with Gasteiger partial charge < -0.3 is 4.74 Å². The zero-order valence-electron chi connectivity index (χ0n) is 10.9. The SMILES string of the molecule is CCCOc1ccccc1C(NN)c1cnccn1. The Morgan fingerprint density at radius 2 is 2.16 bits per heavy atom. The lowest BCUT2D eigenvalue weighted by Crippen LogP contribution is -2.30. The zero-order valence-corrected chi connectivity index (χ0v) is 10.9. The topological polar surface area (TPSA) is 73.1 Å². The molecule has 0 aliphatic heterocycles. The number of benzene rings is 1. The van der Waals surface area contributed by atoms with Crippen molar-refractivity contribution in [2.45, 2.75) is 19.4 Å². The molecule has 1 unspecified atom stereocenters. The van der Waals surface area contributed by atoms with Crippen molar-refractivity contribution in [3.05, 3.63) is 54.1 Å². The van der Waals surface area contributed by atoms with Crippen LogP contribution in [-0.4, -0.2) is 16.6 Å². The number of nitrogens with one attached hydrogen (secondary N) is 1. The Morgan fingerprint density at radius 3 is 2.84 bits per heavy atom. The molecule has 1 heterocycles. The average Bonchev–Trinajstić information content (AvgIpc) is 2.48. The largest absolute Gasteiger partial charge is 0.493 e. The van der Waals surface area contributed by atoms with Gasteiger partial charge in [-0.1, -0.05) is 25.1 Å². The number of para-hydroxylation sites is 1. The molecule has 5 heteroatoms. The Balaban J connectivity index is 2.33. The highest BCUT2D eigenvalue weighted by molar-refractivity contribution is 5.39. The van der Waals surface area contributed by atoms with Crippen LogP contribution in [0.15, 0.2) is 42.9 Å². The van der Waals surface area contributed by atoms with E-state index in [1.54, 1.807) is 18.6 Å². The first kappa shape index (κ1) is 13.5. The van der Waals surface area contributed by atoms with Crippen molar-refractivity contribution in [3.63, 3.8) is 0 Å². The van der Waals surface area contributed by atoms with Crippen LogP contribution in [0.3, 0.4) is 0 Å². The second kappa shape index (κ2) is 6.82. The molecule has 0 aliphatic rings. The summed E-state index contributed by atoms with van der Waals surface area (Å²) in [5, 5.41) is 0. The fraction of sp³-hybridized carbons (Fsp3) is 0.286. The number of nitrogens with two attached hydrogens (primary N) is 1. The molecule has 0 fully saturated rings. The summed E-state index contributed by atoms with van der Waals surface area (Å²) >= 11 is 0. The summed E-state index contributed by atoms with van der Waals surface area (Å²) in [5.41, 5.74) is 4.49. The lowest BCUT2D eigenvalue weighted by atomic mass is 10.0. The first-order valence-corrected chi connectivity index (χ1v) is 6.30. The van der Waals surface area contributed by atoms with E-state index in [4.69, 9.17) is 10.6 Å². The van der Waals surface area contributed by atoms with E-state index in [0.717, 1.165) is 23.4 Å². The summed E-state index contributed by atoms with van der Waals surface area (Å²) in [4.78, 5) is 8.36. The lowest BCUT2D eigenvalue weighted by molar-refractivity contribution is 0.311. The summed E-state index contributed by atoms with van der Waals surface area (Å²) in [7, 11) is 0. The second-order valence-electron chi connectivity index (χ2n) is 4.12. The van der Waals surface area contributed by atoms with Crippen molar-refractivity contribution in [3.8, 4) is 5.75 Å². The van der Waals surface area contributed by atoms with Crippen LogP contribution in [0, 0.1) is 0 Å². The van der Waals surface area contributed by atoms with Crippen molar-refractivity contribution in [1.29, 1.82) is 0 Å². The van der Waals surface area contributed by atoms with Crippen molar-refractivity contribution < 1.29 is 4.74 Å². The number of aromatic nitrogens is 2. The lowest BCUT2D eigenvalue weighted by Gasteiger charge is -2.19. The molecule has 3 N–H and O–H groups in total. The van der Waals surface area contributed by atoms with E-state index in [1.165, 1.54) is 0 Å². The predicted octanol–water partition coefficient (Wildman–Crippen LogP) is 1.82. The highest BCUT2D eigenvalue weighted by Crippen LogP contribution is 2.28. The third kappa shape index (κ3) is 3.27. The van der Waals surface area contributed by atoms with Gasteiger partial charge >= 0.3 is 0 Å². The minimum absolute atomic E-state index is 0.234. The molecule has 100 valence electrons. The summed E-state index contributed by atoms with van der Waals surface area (Å²) in [6.45, 7) is 2.75. The van der Waals surface area contributed by atoms with E-state index in [-0.39, 0.29) is 6.04 Å². The van der Waals surface area contributed by atoms with E-state index in [0.29, 0.717) is 6.61 Å². The smallest absolute Gasteiger partial charge is 0.124 e. The summed E-state index contributed by atoms with van der Waals surface area (Å²) in [6.07, 6.45) is 5.94. The van der Waals surface area contributed by atoms with Crippen LogP contribution in [0.5, 0.6) is 5.75 Å². The van der Waals surface area contributed by atoms with Gasteiger partial charge in [0, 0.05) is 18.0 Å². The first-order valence-electron chi connectivity index (χ1n) is 6.30. The minimum Gasteiger partial charge on any atom is -0.493 e. The Hall–Kier alpha value is -1.98. The quantitative estimate of drug-likeness (QED) is 0.610. The third-order valence-corrected chi connectivity index (χ3v) is 2.74. The van der Waals surface area contributed by atoms with E-state index in [9.17, 15) is 0 Å². The maximum Gasteiger partial charge on any atom is 0.124 e. The molecule has 5 nitrogen and oxygen atoms in total. The first-order chi connectivity index (χ1) is 9.36. The van der Waals surface area contributed by atoms with Crippen molar-refractivity contribution in [2.24, 2.45) is 5.84 Å². The van der Waals surface area contributed by atoms with Gasteiger partial charge in [-0.25, -0.2) is 5.43 Å². The molecular weight excluding hydrogens is 240 g/mol. The Kier molecular flexibility index (Phi) is 4.83. The summed E-state index contributed by atoms with van der Waals surface area (Å²) < 4.78 is 5.75. The molecule has 0 saturated heterocycles. The molecule has 1 aromatic carbocycles. The van der Waals surface area contributed by atoms with Crippen LogP contribution in [0.1, 0.15) is 30.6 Å². The highest BCUT2D eigenvalue weighted by atomic mass is 16.5. The molecule has 0 aliphatic carbocycles. The molecular formula is C14H18N4O. The van der Waals surface area contributed by atoms with Crippen molar-refractivity contribution in [2.75, 3.05) is 6.61 Å². The van der Waals surface area contributed by atoms with E-state index in [1.807, 2.05) is 24.3 Å². The third-order valence-electron chi connectivity index (χ3n) is 2.74. The number of rotatable bonds is 6. The maximum atomic E-state index is 5.75. The van der Waals surface area contributed by atoms with Crippen LogP contribution < -0.4 is 16.0 Å². The minimum atomic E-state index is -0.234. The van der Waals surface area contributed by atoms with Gasteiger partial charge in [-0.15, -0.1) is 0 Å². The standard InChI is InChI=1S/C14H18N4O/c1-2-9-19-13-6-4-3-5-11(13)14(18-15)12-10-16-7-8-17-12/h3-8,10,14,18H,2,9,15H2,1H3. The highest BCUT2D eigenvalue weighted by Gasteiger charge is 2.18. The molecule has 0 saturated carbocycles. The Morgan fingerprint density at radius 1 is 1.32 bits per heavy atom. The van der Waals surface area contributed by atoms with Gasteiger partial charge in [-0.05, 0) is 12.5 Å². The molecule has 0 radical (unpaired) electrons. The molecule has 2 aromatic rings. The number of hydrogen-bond acceptors (Lipinski definition) is 5. The van der Waals surface area contributed by atoms with Gasteiger partial charge in [-0.2, -0.15) is 0 Å². The fourth-order valence-electron chi connectivity index (χ4n) is 1.86. The zero-order chi connectivity index (χ0) is 13.5. The van der Waals surface area contributed by atoms with Crippen LogP contribution in [0.4, 0.5) is 0 Å². The van der Waals surface area contributed by atoms with Crippen molar-refractivity contribution >= 4 is 0 Å². The molecule has 19 heavy (non-hydrogen) atoms. The van der Waals surface area contributed by atoms with Crippen LogP contribution in [0.25, 0.3) is 0 Å².